The molecule has 5 aromatic rings. The van der Waals surface area contributed by atoms with Gasteiger partial charge in [0.2, 0.25) is 0 Å². The fraction of sp³-hybridized carbons (Fsp3) is 0.438. The largest absolute Gasteiger partial charge is 0.148 e. The normalized spacial score (nSPS) is 11.6. The quantitative estimate of drug-likeness (QED) is 0.103. The van der Waals surface area contributed by atoms with E-state index < -0.39 is 0 Å². The van der Waals surface area contributed by atoms with E-state index in [1.807, 2.05) is 0 Å². The van der Waals surface area contributed by atoms with Crippen LogP contribution >= 0.6 is 22.7 Å². The van der Waals surface area contributed by atoms with E-state index in [-0.39, 0.29) is 0 Å². The Morgan fingerprint density at radius 3 is 1.92 bits per heavy atom. The van der Waals surface area contributed by atoms with Gasteiger partial charge in [0, 0.05) is 24.0 Å². The minimum absolute atomic E-state index is 1.01. The maximum Gasteiger partial charge on any atom is 0.148 e. The molecule has 0 aliphatic heterocycles. The molecule has 0 aliphatic carbocycles. The summed E-state index contributed by atoms with van der Waals surface area (Å²) < 4.78 is 0. The van der Waals surface area contributed by atoms with E-state index in [1.165, 1.54) is 91.3 Å². The molecule has 38 heavy (non-hydrogen) atoms. The summed E-state index contributed by atoms with van der Waals surface area (Å²) in [6, 6.07) is 17.8. The molecule has 0 amide bonds. The van der Waals surface area contributed by atoms with E-state index in [0.717, 1.165) is 38.4 Å². The molecule has 0 N–H and O–H groups in total. The molecule has 0 bridgehead atoms. The summed E-state index contributed by atoms with van der Waals surface area (Å²) in [6.45, 7) is 4.52. The first-order chi connectivity index (χ1) is 18.7. The smallest absolute Gasteiger partial charge is 0.143 e. The molecule has 6 heteroatoms. The second kappa shape index (κ2) is 13.4. The Bertz CT molecular complexity index is 1470. The predicted molar refractivity (Wildman–Crippen MR) is 164 cm³/mol. The molecule has 0 spiro atoms. The maximum atomic E-state index is 4.58. The fourth-order valence-electron chi connectivity index (χ4n) is 5.04. The third kappa shape index (κ3) is 6.65. The van der Waals surface area contributed by atoms with Crippen LogP contribution in [-0.2, 0) is 12.8 Å². The predicted octanol–water partition coefficient (Wildman–Crippen LogP) is 10.1. The molecule has 0 atom stereocenters. The van der Waals surface area contributed by atoms with E-state index in [0.29, 0.717) is 0 Å². The van der Waals surface area contributed by atoms with E-state index in [4.69, 9.17) is 0 Å². The van der Waals surface area contributed by atoms with Crippen LogP contribution in [0.3, 0.4) is 0 Å². The lowest BCUT2D eigenvalue weighted by Crippen LogP contribution is -1.85. The van der Waals surface area contributed by atoms with Crippen LogP contribution in [0.4, 0.5) is 0 Å². The van der Waals surface area contributed by atoms with E-state index in [2.05, 4.69) is 82.8 Å². The summed E-state index contributed by atoms with van der Waals surface area (Å²) in [5, 5.41) is 27.3. The van der Waals surface area contributed by atoms with Crippen molar-refractivity contribution in [3.8, 4) is 21.1 Å². The molecule has 0 saturated heterocycles. The topological polar surface area (TPSA) is 51.6 Å². The van der Waals surface area contributed by atoms with Crippen molar-refractivity contribution in [1.29, 1.82) is 0 Å². The first-order valence-corrected chi connectivity index (χ1v) is 16.0. The Kier molecular flexibility index (Phi) is 9.47. The van der Waals surface area contributed by atoms with Gasteiger partial charge in [-0.2, -0.15) is 0 Å². The second-order valence-corrected chi connectivity index (χ2v) is 12.4. The van der Waals surface area contributed by atoms with Crippen LogP contribution in [0.15, 0.2) is 48.5 Å². The standard InChI is InChI=1S/C32H38N4S2/c1-3-5-7-9-11-16-29-33-35-31(37-29)25-19-18-23-22-28-24(20-26(23)21-25)14-13-15-27(28)32-36-34-30(38-32)17-12-10-8-6-4-2/h13-15,18-22H,3-12,16-17H2,1-2H3. The van der Waals surface area contributed by atoms with Crippen LogP contribution in [0.1, 0.15) is 88.1 Å². The number of nitrogens with zero attached hydrogens (tertiary/aromatic N) is 4. The highest BCUT2D eigenvalue weighted by Crippen LogP contribution is 2.35. The van der Waals surface area contributed by atoms with Gasteiger partial charge in [-0.05, 0) is 52.6 Å². The van der Waals surface area contributed by atoms with Gasteiger partial charge in [0.15, 0.2) is 0 Å². The summed E-state index contributed by atoms with van der Waals surface area (Å²) in [6.07, 6.45) is 14.9. The molecular formula is C32H38N4S2. The Morgan fingerprint density at radius 2 is 1.21 bits per heavy atom. The van der Waals surface area contributed by atoms with Crippen LogP contribution in [0.25, 0.3) is 42.7 Å². The summed E-state index contributed by atoms with van der Waals surface area (Å²) in [7, 11) is 0. The number of benzene rings is 3. The lowest BCUT2D eigenvalue weighted by atomic mass is 9.99. The summed E-state index contributed by atoms with van der Waals surface area (Å²) in [4.78, 5) is 0. The molecule has 0 radical (unpaired) electrons. The van der Waals surface area contributed by atoms with Gasteiger partial charge < -0.3 is 0 Å². The molecule has 0 unspecified atom stereocenters. The lowest BCUT2D eigenvalue weighted by Gasteiger charge is -2.07. The number of aryl methyl sites for hydroxylation is 2. The first-order valence-electron chi connectivity index (χ1n) is 14.4. The molecule has 4 nitrogen and oxygen atoms in total. The van der Waals surface area contributed by atoms with Gasteiger partial charge in [-0.25, -0.2) is 0 Å². The Balaban J connectivity index is 1.33. The van der Waals surface area contributed by atoms with Gasteiger partial charge >= 0.3 is 0 Å². The average Bonchev–Trinajstić information content (AvgIpc) is 3.61. The van der Waals surface area contributed by atoms with Gasteiger partial charge in [0.05, 0.1) is 0 Å². The number of unbranched alkanes of at least 4 members (excludes halogenated alkanes) is 8. The minimum atomic E-state index is 1.01. The SMILES string of the molecule is CCCCCCCc1nnc(-c2ccc3cc4c(-c5nnc(CCCCCCC)s5)cccc4cc3c2)s1. The zero-order valence-electron chi connectivity index (χ0n) is 22.7. The molecule has 2 aromatic heterocycles. The first kappa shape index (κ1) is 26.9. The number of rotatable bonds is 14. The fourth-order valence-corrected chi connectivity index (χ4v) is 6.84. The molecular weight excluding hydrogens is 505 g/mol. The van der Waals surface area contributed by atoms with Crippen molar-refractivity contribution in [3.05, 3.63) is 58.5 Å². The van der Waals surface area contributed by atoms with Gasteiger partial charge in [0.1, 0.15) is 20.0 Å². The number of aromatic nitrogens is 4. The Hall–Kier alpha value is -2.70. The molecule has 198 valence electrons. The summed E-state index contributed by atoms with van der Waals surface area (Å²) >= 11 is 3.48. The Morgan fingerprint density at radius 1 is 0.553 bits per heavy atom. The van der Waals surface area contributed by atoms with Crippen molar-refractivity contribution in [3.63, 3.8) is 0 Å². The van der Waals surface area contributed by atoms with Crippen LogP contribution in [0, 0.1) is 0 Å². The number of hydrogen-bond donors (Lipinski definition) is 0. The van der Waals surface area contributed by atoms with Crippen LogP contribution in [0.2, 0.25) is 0 Å². The third-order valence-corrected chi connectivity index (χ3v) is 9.29. The molecule has 5 rings (SSSR count). The highest BCUT2D eigenvalue weighted by molar-refractivity contribution is 7.15. The lowest BCUT2D eigenvalue weighted by molar-refractivity contribution is 0.630. The van der Waals surface area contributed by atoms with Gasteiger partial charge in [-0.1, -0.05) is 118 Å². The summed E-state index contributed by atoms with van der Waals surface area (Å²) in [5.74, 6) is 0. The molecule has 0 aliphatic rings. The van der Waals surface area contributed by atoms with E-state index >= 15 is 0 Å². The highest BCUT2D eigenvalue weighted by atomic mass is 32.1. The third-order valence-electron chi connectivity index (χ3n) is 7.24. The maximum absolute atomic E-state index is 4.58. The minimum Gasteiger partial charge on any atom is -0.143 e. The molecule has 0 saturated carbocycles. The second-order valence-electron chi connectivity index (χ2n) is 10.3. The van der Waals surface area contributed by atoms with E-state index in [9.17, 15) is 0 Å². The van der Waals surface area contributed by atoms with Crippen molar-refractivity contribution < 1.29 is 0 Å². The van der Waals surface area contributed by atoms with Crippen molar-refractivity contribution in [1.82, 2.24) is 20.4 Å². The van der Waals surface area contributed by atoms with Crippen molar-refractivity contribution in [2.45, 2.75) is 90.9 Å². The highest BCUT2D eigenvalue weighted by Gasteiger charge is 2.12. The monoisotopic (exact) mass is 542 g/mol. The molecule has 2 heterocycles. The van der Waals surface area contributed by atoms with Gasteiger partial charge in [0.25, 0.3) is 0 Å². The summed E-state index contributed by atoms with van der Waals surface area (Å²) in [5.41, 5.74) is 2.33. The van der Waals surface area contributed by atoms with Crippen molar-refractivity contribution >= 4 is 44.2 Å². The zero-order chi connectivity index (χ0) is 26.2. The van der Waals surface area contributed by atoms with Crippen LogP contribution in [-0.4, -0.2) is 20.4 Å². The Labute approximate surface area is 234 Å². The van der Waals surface area contributed by atoms with E-state index in [1.54, 1.807) is 22.7 Å². The van der Waals surface area contributed by atoms with Crippen molar-refractivity contribution in [2.24, 2.45) is 0 Å². The van der Waals surface area contributed by atoms with Crippen LogP contribution < -0.4 is 0 Å². The average molecular weight is 543 g/mol. The molecule has 3 aromatic carbocycles. The van der Waals surface area contributed by atoms with Crippen molar-refractivity contribution in [2.75, 3.05) is 0 Å². The number of hydrogen-bond acceptors (Lipinski definition) is 6. The van der Waals surface area contributed by atoms with Crippen LogP contribution in [0.5, 0.6) is 0 Å². The number of fused-ring (bicyclic) bond motifs is 2. The zero-order valence-corrected chi connectivity index (χ0v) is 24.3. The van der Waals surface area contributed by atoms with Gasteiger partial charge in [-0.15, -0.1) is 20.4 Å². The van der Waals surface area contributed by atoms with Gasteiger partial charge in [-0.3, -0.25) is 0 Å². The molecule has 0 fully saturated rings.